The molecule has 0 unspecified atom stereocenters. The zero-order chi connectivity index (χ0) is 16.9. The Balaban J connectivity index is 1.56. The molecule has 0 bridgehead atoms. The van der Waals surface area contributed by atoms with Crippen molar-refractivity contribution in [2.45, 2.75) is 32.5 Å². The smallest absolute Gasteiger partial charge is 0.253 e. The van der Waals surface area contributed by atoms with Crippen LogP contribution in [0.1, 0.15) is 34.5 Å². The summed E-state index contributed by atoms with van der Waals surface area (Å²) in [5.41, 5.74) is 4.42. The second kappa shape index (κ2) is 5.60. The van der Waals surface area contributed by atoms with E-state index in [0.717, 1.165) is 23.8 Å². The van der Waals surface area contributed by atoms with Gasteiger partial charge in [-0.1, -0.05) is 0 Å². The first-order chi connectivity index (χ1) is 11.5. The Labute approximate surface area is 142 Å². The summed E-state index contributed by atoms with van der Waals surface area (Å²) in [6.07, 6.45) is 1.51. The van der Waals surface area contributed by atoms with Gasteiger partial charge < -0.3 is 18.9 Å². The van der Waals surface area contributed by atoms with E-state index >= 15 is 0 Å². The van der Waals surface area contributed by atoms with Crippen molar-refractivity contribution in [2.24, 2.45) is 7.05 Å². The largest absolute Gasteiger partial charge is 0.348 e. The fourth-order valence-electron chi connectivity index (χ4n) is 3.91. The molecule has 0 saturated carbocycles. The lowest BCUT2D eigenvalue weighted by Gasteiger charge is -2.37. The number of aromatic nitrogens is 1. The van der Waals surface area contributed by atoms with E-state index in [1.807, 2.05) is 17.0 Å². The van der Waals surface area contributed by atoms with Gasteiger partial charge in [0.15, 0.2) is 5.79 Å². The molecule has 4 rings (SSSR count). The van der Waals surface area contributed by atoms with Crippen LogP contribution >= 0.6 is 0 Å². The topological polar surface area (TPSA) is 43.7 Å². The highest BCUT2D eigenvalue weighted by Gasteiger charge is 2.40. The molecular weight excluding hydrogens is 304 g/mol. The fraction of sp³-hybridized carbons (Fsp3) is 0.526. The van der Waals surface area contributed by atoms with E-state index in [1.54, 1.807) is 0 Å². The molecule has 0 aliphatic carbocycles. The molecular formula is C19H24N2O3. The predicted molar refractivity (Wildman–Crippen MR) is 92.2 cm³/mol. The maximum absolute atomic E-state index is 12.9. The van der Waals surface area contributed by atoms with Crippen LogP contribution in [0.4, 0.5) is 0 Å². The van der Waals surface area contributed by atoms with Crippen LogP contribution in [0.2, 0.25) is 0 Å². The van der Waals surface area contributed by atoms with E-state index in [-0.39, 0.29) is 5.91 Å². The van der Waals surface area contributed by atoms with Gasteiger partial charge in [0.05, 0.1) is 13.2 Å². The van der Waals surface area contributed by atoms with Crippen molar-refractivity contribution in [1.29, 1.82) is 0 Å². The van der Waals surface area contributed by atoms with Crippen LogP contribution < -0.4 is 0 Å². The number of carbonyl (C=O) groups is 1. The van der Waals surface area contributed by atoms with Gasteiger partial charge >= 0.3 is 0 Å². The first-order valence-corrected chi connectivity index (χ1v) is 8.64. The summed E-state index contributed by atoms with van der Waals surface area (Å²) in [6.45, 7) is 6.93. The van der Waals surface area contributed by atoms with E-state index in [4.69, 9.17) is 9.47 Å². The number of aryl methyl sites for hydroxylation is 2. The Morgan fingerprint density at radius 1 is 1.12 bits per heavy atom. The van der Waals surface area contributed by atoms with Crippen LogP contribution in [0.25, 0.3) is 10.9 Å². The van der Waals surface area contributed by atoms with Crippen molar-refractivity contribution >= 4 is 16.8 Å². The Hall–Kier alpha value is -1.85. The SMILES string of the molecule is Cc1c(C)n(C)c2ccc(C(=O)N3CCC4(CC3)OCCO4)cc12. The number of benzene rings is 1. The van der Waals surface area contributed by atoms with Crippen LogP contribution in [0.15, 0.2) is 18.2 Å². The molecule has 0 N–H and O–H groups in total. The number of hydrogen-bond acceptors (Lipinski definition) is 3. The number of likely N-dealkylation sites (tertiary alicyclic amines) is 1. The summed E-state index contributed by atoms with van der Waals surface area (Å²) in [4.78, 5) is 14.8. The average Bonchev–Trinajstić information content (AvgIpc) is 3.14. The van der Waals surface area contributed by atoms with E-state index in [2.05, 4.69) is 31.5 Å². The van der Waals surface area contributed by atoms with Crippen molar-refractivity contribution in [2.75, 3.05) is 26.3 Å². The number of fused-ring (bicyclic) bond motifs is 1. The molecule has 1 aromatic carbocycles. The predicted octanol–water partition coefficient (Wildman–Crippen LogP) is 2.77. The number of rotatable bonds is 1. The van der Waals surface area contributed by atoms with E-state index < -0.39 is 5.79 Å². The molecule has 2 aliphatic rings. The second-order valence-electron chi connectivity index (χ2n) is 6.90. The maximum atomic E-state index is 12.9. The van der Waals surface area contributed by atoms with Crippen molar-refractivity contribution in [3.63, 3.8) is 0 Å². The highest BCUT2D eigenvalue weighted by Crippen LogP contribution is 2.32. The minimum atomic E-state index is -0.437. The first-order valence-electron chi connectivity index (χ1n) is 8.64. The highest BCUT2D eigenvalue weighted by atomic mass is 16.7. The van der Waals surface area contributed by atoms with Crippen LogP contribution in [0.5, 0.6) is 0 Å². The van der Waals surface area contributed by atoms with Gasteiger partial charge in [-0.25, -0.2) is 0 Å². The summed E-state index contributed by atoms with van der Waals surface area (Å²) in [5, 5.41) is 1.16. The van der Waals surface area contributed by atoms with Gasteiger partial charge in [0.25, 0.3) is 5.91 Å². The summed E-state index contributed by atoms with van der Waals surface area (Å²) in [6, 6.07) is 6.03. The van der Waals surface area contributed by atoms with Gasteiger partial charge in [0.2, 0.25) is 0 Å². The van der Waals surface area contributed by atoms with E-state index in [9.17, 15) is 4.79 Å². The normalized spacial score (nSPS) is 20.2. The van der Waals surface area contributed by atoms with Crippen molar-refractivity contribution < 1.29 is 14.3 Å². The summed E-state index contributed by atoms with van der Waals surface area (Å²) in [7, 11) is 2.07. The second-order valence-corrected chi connectivity index (χ2v) is 6.90. The van der Waals surface area contributed by atoms with Crippen molar-refractivity contribution in [3.8, 4) is 0 Å². The zero-order valence-corrected chi connectivity index (χ0v) is 14.6. The molecule has 24 heavy (non-hydrogen) atoms. The highest BCUT2D eigenvalue weighted by molar-refractivity contribution is 5.99. The van der Waals surface area contributed by atoms with E-state index in [1.165, 1.54) is 16.8 Å². The van der Waals surface area contributed by atoms with Gasteiger partial charge in [-0.3, -0.25) is 4.79 Å². The molecule has 2 fully saturated rings. The molecule has 2 aliphatic heterocycles. The minimum absolute atomic E-state index is 0.102. The molecule has 2 saturated heterocycles. The molecule has 1 amide bonds. The number of ether oxygens (including phenoxy) is 2. The fourth-order valence-corrected chi connectivity index (χ4v) is 3.91. The number of piperidine rings is 1. The molecule has 3 heterocycles. The van der Waals surface area contributed by atoms with Crippen LogP contribution in [0.3, 0.4) is 0 Å². The third-order valence-electron chi connectivity index (χ3n) is 5.68. The summed E-state index contributed by atoms with van der Waals surface area (Å²) < 4.78 is 13.7. The molecule has 128 valence electrons. The molecule has 5 heteroatoms. The Kier molecular flexibility index (Phi) is 3.66. The summed E-state index contributed by atoms with van der Waals surface area (Å²) >= 11 is 0. The number of carbonyl (C=O) groups excluding carboxylic acids is 1. The van der Waals surface area contributed by atoms with Gasteiger partial charge in [0.1, 0.15) is 0 Å². The lowest BCUT2D eigenvalue weighted by atomic mass is 10.0. The average molecular weight is 328 g/mol. The first kappa shape index (κ1) is 15.7. The lowest BCUT2D eigenvalue weighted by molar-refractivity contribution is -0.181. The van der Waals surface area contributed by atoms with Gasteiger partial charge in [-0.05, 0) is 37.6 Å². The van der Waals surface area contributed by atoms with Crippen LogP contribution in [0, 0.1) is 13.8 Å². The van der Waals surface area contributed by atoms with Crippen LogP contribution in [-0.4, -0.2) is 47.5 Å². The number of nitrogens with zero attached hydrogens (tertiary/aromatic N) is 2. The van der Waals surface area contributed by atoms with Crippen molar-refractivity contribution in [3.05, 3.63) is 35.0 Å². The molecule has 1 aromatic heterocycles. The Morgan fingerprint density at radius 2 is 1.79 bits per heavy atom. The quantitative estimate of drug-likeness (QED) is 0.808. The molecule has 0 atom stereocenters. The van der Waals surface area contributed by atoms with E-state index in [0.29, 0.717) is 26.3 Å². The van der Waals surface area contributed by atoms with Gasteiger partial charge in [-0.2, -0.15) is 0 Å². The maximum Gasteiger partial charge on any atom is 0.253 e. The third-order valence-corrected chi connectivity index (χ3v) is 5.68. The Bertz CT molecular complexity index is 793. The zero-order valence-electron chi connectivity index (χ0n) is 14.6. The lowest BCUT2D eigenvalue weighted by Crippen LogP contribution is -2.47. The molecule has 5 nitrogen and oxygen atoms in total. The van der Waals surface area contributed by atoms with Gasteiger partial charge in [0, 0.05) is 55.1 Å². The third kappa shape index (κ3) is 2.34. The standard InChI is InChI=1S/C19H24N2O3/c1-13-14(2)20(3)17-5-4-15(12-16(13)17)18(22)21-8-6-19(7-9-21)23-10-11-24-19/h4-5,12H,6-11H2,1-3H3. The Morgan fingerprint density at radius 3 is 2.46 bits per heavy atom. The minimum Gasteiger partial charge on any atom is -0.348 e. The van der Waals surface area contributed by atoms with Gasteiger partial charge in [-0.15, -0.1) is 0 Å². The molecule has 1 spiro atoms. The number of hydrogen-bond donors (Lipinski definition) is 0. The molecule has 0 radical (unpaired) electrons. The monoisotopic (exact) mass is 328 g/mol. The van der Waals surface area contributed by atoms with Crippen molar-refractivity contribution in [1.82, 2.24) is 9.47 Å². The molecule has 2 aromatic rings. The number of amides is 1. The van der Waals surface area contributed by atoms with Crippen LogP contribution in [-0.2, 0) is 16.5 Å². The summed E-state index contributed by atoms with van der Waals surface area (Å²) in [5.74, 6) is -0.334.